The number of fused-ring (bicyclic) bond motifs is 1. The van der Waals surface area contributed by atoms with Gasteiger partial charge in [0.15, 0.2) is 0 Å². The van der Waals surface area contributed by atoms with E-state index in [0.29, 0.717) is 18.0 Å². The number of carbonyl (C=O) groups excluding carboxylic acids is 1. The standard InChI is InChI=1S/C13H16N2O4S2/c16-13-8-20-12-4-3-10(6-11(12)15-13)21(17,18)14-7-9-2-1-5-19-9/h3-4,6,9,14H,1-2,5,7-8H2,(H,15,16). The Labute approximate surface area is 127 Å². The van der Waals surface area contributed by atoms with Crippen LogP contribution in [0.25, 0.3) is 0 Å². The highest BCUT2D eigenvalue weighted by atomic mass is 32.2. The van der Waals surface area contributed by atoms with Crippen molar-refractivity contribution in [2.24, 2.45) is 0 Å². The van der Waals surface area contributed by atoms with Crippen LogP contribution in [0.5, 0.6) is 0 Å². The van der Waals surface area contributed by atoms with E-state index in [-0.39, 0.29) is 23.5 Å². The summed E-state index contributed by atoms with van der Waals surface area (Å²) in [6, 6.07) is 4.78. The molecule has 1 aromatic carbocycles. The third-order valence-corrected chi connectivity index (χ3v) is 5.91. The molecule has 1 aromatic rings. The second-order valence-electron chi connectivity index (χ2n) is 4.98. The fourth-order valence-corrected chi connectivity index (χ4v) is 4.20. The number of benzene rings is 1. The molecule has 1 unspecified atom stereocenters. The highest BCUT2D eigenvalue weighted by Gasteiger charge is 2.22. The first-order chi connectivity index (χ1) is 10.0. The molecule has 114 valence electrons. The monoisotopic (exact) mass is 328 g/mol. The smallest absolute Gasteiger partial charge is 0.240 e. The van der Waals surface area contributed by atoms with E-state index in [1.807, 2.05) is 0 Å². The summed E-state index contributed by atoms with van der Waals surface area (Å²) in [5.74, 6) is 0.241. The zero-order valence-corrected chi connectivity index (χ0v) is 12.9. The van der Waals surface area contributed by atoms with Crippen LogP contribution < -0.4 is 10.0 Å². The predicted octanol–water partition coefficient (Wildman–Crippen LogP) is 1.19. The highest BCUT2D eigenvalue weighted by molar-refractivity contribution is 8.00. The summed E-state index contributed by atoms with van der Waals surface area (Å²) in [5, 5.41) is 2.69. The fraction of sp³-hybridized carbons (Fsp3) is 0.462. The van der Waals surface area contributed by atoms with E-state index in [1.165, 1.54) is 17.8 Å². The van der Waals surface area contributed by atoms with Gasteiger partial charge >= 0.3 is 0 Å². The van der Waals surface area contributed by atoms with Crippen LogP contribution in [0.2, 0.25) is 0 Å². The lowest BCUT2D eigenvalue weighted by Gasteiger charge is -2.17. The number of carbonyl (C=O) groups is 1. The number of hydrogen-bond acceptors (Lipinski definition) is 5. The summed E-state index contributed by atoms with van der Waals surface area (Å²) in [5.41, 5.74) is 0.552. The van der Waals surface area contributed by atoms with Crippen molar-refractivity contribution < 1.29 is 17.9 Å². The normalized spacial score (nSPS) is 21.9. The summed E-state index contributed by atoms with van der Waals surface area (Å²) in [6.07, 6.45) is 1.79. The SMILES string of the molecule is O=C1CSc2ccc(S(=O)(=O)NCC3CCCO3)cc2N1. The van der Waals surface area contributed by atoms with E-state index >= 15 is 0 Å². The van der Waals surface area contributed by atoms with Gasteiger partial charge in [0.2, 0.25) is 15.9 Å². The third kappa shape index (κ3) is 3.39. The number of anilines is 1. The lowest BCUT2D eigenvalue weighted by molar-refractivity contribution is -0.113. The Bertz CT molecular complexity index is 654. The Balaban J connectivity index is 1.75. The molecule has 0 radical (unpaired) electrons. The van der Waals surface area contributed by atoms with Gasteiger partial charge in [-0.3, -0.25) is 4.79 Å². The average molecular weight is 328 g/mol. The summed E-state index contributed by atoms with van der Waals surface area (Å²) < 4.78 is 32.5. The zero-order chi connectivity index (χ0) is 14.9. The summed E-state index contributed by atoms with van der Waals surface area (Å²) in [6.45, 7) is 0.967. The second kappa shape index (κ2) is 5.96. The van der Waals surface area contributed by atoms with Crippen molar-refractivity contribution in [1.29, 1.82) is 0 Å². The second-order valence-corrected chi connectivity index (χ2v) is 7.77. The van der Waals surface area contributed by atoms with Crippen LogP contribution in [-0.2, 0) is 19.6 Å². The Morgan fingerprint density at radius 3 is 3.05 bits per heavy atom. The molecular formula is C13H16N2O4S2. The molecule has 3 rings (SSSR count). The molecule has 0 saturated carbocycles. The molecule has 0 aliphatic carbocycles. The minimum absolute atomic E-state index is 0.0485. The zero-order valence-electron chi connectivity index (χ0n) is 11.3. The minimum atomic E-state index is -3.59. The summed E-state index contributed by atoms with van der Waals surface area (Å²) in [4.78, 5) is 12.4. The Kier molecular flexibility index (Phi) is 4.21. The molecule has 1 fully saturated rings. The van der Waals surface area contributed by atoms with Gasteiger partial charge in [-0.1, -0.05) is 0 Å². The Hall–Kier alpha value is -1.09. The largest absolute Gasteiger partial charge is 0.377 e. The van der Waals surface area contributed by atoms with E-state index in [4.69, 9.17) is 4.74 Å². The van der Waals surface area contributed by atoms with Crippen LogP contribution in [0.3, 0.4) is 0 Å². The van der Waals surface area contributed by atoms with Gasteiger partial charge in [-0.2, -0.15) is 0 Å². The Morgan fingerprint density at radius 2 is 2.29 bits per heavy atom. The summed E-state index contributed by atoms with van der Waals surface area (Å²) >= 11 is 1.40. The molecule has 0 aromatic heterocycles. The van der Waals surface area contributed by atoms with Gasteiger partial charge in [-0.05, 0) is 31.0 Å². The molecule has 0 spiro atoms. The third-order valence-electron chi connectivity index (χ3n) is 3.42. The number of thioether (sulfide) groups is 1. The highest BCUT2D eigenvalue weighted by Crippen LogP contribution is 2.33. The van der Waals surface area contributed by atoms with Crippen molar-refractivity contribution in [3.63, 3.8) is 0 Å². The van der Waals surface area contributed by atoms with E-state index in [2.05, 4.69) is 10.0 Å². The molecule has 1 saturated heterocycles. The number of hydrogen-bond donors (Lipinski definition) is 2. The van der Waals surface area contributed by atoms with E-state index in [9.17, 15) is 13.2 Å². The number of amides is 1. The van der Waals surface area contributed by atoms with Crippen LogP contribution >= 0.6 is 11.8 Å². The summed E-state index contributed by atoms with van der Waals surface area (Å²) in [7, 11) is -3.59. The van der Waals surface area contributed by atoms with Gasteiger partial charge in [-0.25, -0.2) is 13.1 Å². The molecular weight excluding hydrogens is 312 g/mol. The average Bonchev–Trinajstić information content (AvgIpc) is 2.98. The van der Waals surface area contributed by atoms with Crippen LogP contribution in [0.1, 0.15) is 12.8 Å². The lowest BCUT2D eigenvalue weighted by atomic mass is 10.2. The van der Waals surface area contributed by atoms with Crippen molar-refractivity contribution in [3.8, 4) is 0 Å². The maximum Gasteiger partial charge on any atom is 0.240 e. The number of nitrogens with one attached hydrogen (secondary N) is 2. The fourth-order valence-electron chi connectivity index (χ4n) is 2.32. The van der Waals surface area contributed by atoms with Gasteiger partial charge in [0, 0.05) is 18.0 Å². The van der Waals surface area contributed by atoms with Crippen molar-refractivity contribution in [2.45, 2.75) is 28.7 Å². The van der Waals surface area contributed by atoms with Crippen molar-refractivity contribution in [3.05, 3.63) is 18.2 Å². The number of ether oxygens (including phenoxy) is 1. The lowest BCUT2D eigenvalue weighted by Crippen LogP contribution is -2.32. The van der Waals surface area contributed by atoms with Crippen molar-refractivity contribution >= 4 is 33.4 Å². The predicted molar refractivity (Wildman–Crippen MR) is 80.0 cm³/mol. The molecule has 6 nitrogen and oxygen atoms in total. The number of sulfonamides is 1. The quantitative estimate of drug-likeness (QED) is 0.867. The van der Waals surface area contributed by atoms with Crippen LogP contribution in [0.4, 0.5) is 5.69 Å². The van der Waals surface area contributed by atoms with Gasteiger partial charge in [-0.15, -0.1) is 11.8 Å². The topological polar surface area (TPSA) is 84.5 Å². The molecule has 2 heterocycles. The van der Waals surface area contributed by atoms with Crippen LogP contribution in [-0.4, -0.2) is 39.3 Å². The first-order valence-electron chi connectivity index (χ1n) is 6.72. The van der Waals surface area contributed by atoms with Gasteiger partial charge in [0.1, 0.15) is 0 Å². The molecule has 2 aliphatic rings. The van der Waals surface area contributed by atoms with E-state index in [0.717, 1.165) is 17.7 Å². The Morgan fingerprint density at radius 1 is 1.43 bits per heavy atom. The minimum Gasteiger partial charge on any atom is -0.377 e. The van der Waals surface area contributed by atoms with E-state index < -0.39 is 10.0 Å². The molecule has 2 N–H and O–H groups in total. The first kappa shape index (κ1) is 14.8. The van der Waals surface area contributed by atoms with E-state index in [1.54, 1.807) is 12.1 Å². The molecule has 21 heavy (non-hydrogen) atoms. The molecule has 1 amide bonds. The van der Waals surface area contributed by atoms with Crippen molar-refractivity contribution in [1.82, 2.24) is 4.72 Å². The van der Waals surface area contributed by atoms with Gasteiger partial charge < -0.3 is 10.1 Å². The molecule has 8 heteroatoms. The number of rotatable bonds is 4. The first-order valence-corrected chi connectivity index (χ1v) is 9.19. The maximum atomic E-state index is 12.3. The van der Waals surface area contributed by atoms with Crippen LogP contribution in [0, 0.1) is 0 Å². The van der Waals surface area contributed by atoms with Crippen LogP contribution in [0.15, 0.2) is 28.0 Å². The maximum absolute atomic E-state index is 12.3. The van der Waals surface area contributed by atoms with Gasteiger partial charge in [0.05, 0.1) is 22.4 Å². The molecule has 0 bridgehead atoms. The molecule has 1 atom stereocenters. The van der Waals surface area contributed by atoms with Gasteiger partial charge in [0.25, 0.3) is 0 Å². The molecule has 2 aliphatic heterocycles. The van der Waals surface area contributed by atoms with Crippen molar-refractivity contribution in [2.75, 3.05) is 24.2 Å².